The molecule has 1 saturated heterocycles. The van der Waals surface area contributed by atoms with Crippen LogP contribution in [0.25, 0.3) is 22.0 Å². The number of fused-ring (bicyclic) bond motifs is 1. The Labute approximate surface area is 221 Å². The number of alkyl halides is 1. The molecular weight excluding hydrogens is 506 g/mol. The summed E-state index contributed by atoms with van der Waals surface area (Å²) in [4.78, 5) is 9.09. The lowest BCUT2D eigenvalue weighted by molar-refractivity contribution is 0.254. The molecule has 6 nitrogen and oxygen atoms in total. The van der Waals surface area contributed by atoms with Crippen LogP contribution in [0.2, 0.25) is 0 Å². The Morgan fingerprint density at radius 3 is 2.55 bits per heavy atom. The minimum absolute atomic E-state index is 0.0929. The number of benzene rings is 3. The Hall–Kier alpha value is -3.43. The van der Waals surface area contributed by atoms with Crippen LogP contribution in [-0.2, 0) is 27.8 Å². The Bertz CT molecular complexity index is 1550. The summed E-state index contributed by atoms with van der Waals surface area (Å²) in [6.45, 7) is 3.01. The van der Waals surface area contributed by atoms with E-state index >= 15 is 4.39 Å². The van der Waals surface area contributed by atoms with Gasteiger partial charge in [0.2, 0.25) is 5.95 Å². The van der Waals surface area contributed by atoms with Crippen LogP contribution in [0.1, 0.15) is 30.0 Å². The molecule has 0 saturated carbocycles. The lowest BCUT2D eigenvalue weighted by atomic mass is 9.98. The molecule has 1 aromatic heterocycles. The third-order valence-electron chi connectivity index (χ3n) is 6.73. The first-order valence-corrected chi connectivity index (χ1v) is 14.6. The largest absolute Gasteiger partial charge is 0.350 e. The normalized spacial score (nSPS) is 18.0. The van der Waals surface area contributed by atoms with Crippen LogP contribution in [0.5, 0.6) is 0 Å². The highest BCUT2D eigenvalue weighted by molar-refractivity contribution is 7.89. The van der Waals surface area contributed by atoms with Gasteiger partial charge in [0.1, 0.15) is 12.0 Å². The number of nitrogens with zero attached hydrogens (tertiary/aromatic N) is 2. The van der Waals surface area contributed by atoms with Crippen molar-refractivity contribution < 1.29 is 17.2 Å². The molecule has 4 aromatic rings. The SMILES string of the molecule is CCc1cc(-c2ccc(CS(=O)(=O)Cc3ccccc3)cc2F)cc2cnc(N[C@@H]3CNC[C@@H](F)C3)nc12. The van der Waals surface area contributed by atoms with Crippen molar-refractivity contribution in [3.05, 3.63) is 89.4 Å². The average Bonchev–Trinajstić information content (AvgIpc) is 2.88. The van der Waals surface area contributed by atoms with Crippen LogP contribution >= 0.6 is 0 Å². The zero-order chi connectivity index (χ0) is 26.7. The number of aryl methyl sites for hydroxylation is 1. The number of aromatic nitrogens is 2. The van der Waals surface area contributed by atoms with E-state index in [0.29, 0.717) is 54.1 Å². The summed E-state index contributed by atoms with van der Waals surface area (Å²) >= 11 is 0. The molecule has 1 fully saturated rings. The van der Waals surface area contributed by atoms with E-state index in [4.69, 9.17) is 0 Å². The lowest BCUT2D eigenvalue weighted by Gasteiger charge is -2.26. The van der Waals surface area contributed by atoms with Gasteiger partial charge in [0.25, 0.3) is 0 Å². The molecule has 0 unspecified atom stereocenters. The quantitative estimate of drug-likeness (QED) is 0.321. The fraction of sp³-hybridized carbons (Fsp3) is 0.310. The van der Waals surface area contributed by atoms with E-state index in [1.54, 1.807) is 42.6 Å². The molecule has 0 amide bonds. The monoisotopic (exact) mass is 536 g/mol. The van der Waals surface area contributed by atoms with Crippen molar-refractivity contribution in [3.63, 3.8) is 0 Å². The van der Waals surface area contributed by atoms with Crippen LogP contribution in [0.15, 0.2) is 66.9 Å². The Balaban J connectivity index is 1.38. The van der Waals surface area contributed by atoms with E-state index in [0.717, 1.165) is 16.5 Å². The summed E-state index contributed by atoms with van der Waals surface area (Å²) in [5, 5.41) is 7.04. The number of sulfone groups is 1. The second-order valence-corrected chi connectivity index (χ2v) is 11.8. The molecule has 0 aliphatic carbocycles. The predicted molar refractivity (Wildman–Crippen MR) is 147 cm³/mol. The van der Waals surface area contributed by atoms with Crippen molar-refractivity contribution in [3.8, 4) is 11.1 Å². The first-order valence-electron chi connectivity index (χ1n) is 12.7. The third-order valence-corrected chi connectivity index (χ3v) is 8.28. The summed E-state index contributed by atoms with van der Waals surface area (Å²) in [7, 11) is -3.45. The number of nitrogens with one attached hydrogen (secondary N) is 2. The number of piperidine rings is 1. The fourth-order valence-corrected chi connectivity index (χ4v) is 6.40. The van der Waals surface area contributed by atoms with Gasteiger partial charge in [-0.05, 0) is 46.9 Å². The Morgan fingerprint density at radius 1 is 1.03 bits per heavy atom. The second-order valence-electron chi connectivity index (χ2n) is 9.78. The molecule has 9 heteroatoms. The van der Waals surface area contributed by atoms with Crippen LogP contribution < -0.4 is 10.6 Å². The van der Waals surface area contributed by atoms with E-state index < -0.39 is 21.8 Å². The van der Waals surface area contributed by atoms with Crippen LogP contribution in [0.4, 0.5) is 14.7 Å². The molecule has 3 aromatic carbocycles. The zero-order valence-corrected chi connectivity index (χ0v) is 21.9. The van der Waals surface area contributed by atoms with Gasteiger partial charge < -0.3 is 10.6 Å². The number of anilines is 1. The predicted octanol–water partition coefficient (Wildman–Crippen LogP) is 5.23. The Kier molecular flexibility index (Phi) is 7.67. The average molecular weight is 537 g/mol. The fourth-order valence-electron chi connectivity index (χ4n) is 4.91. The van der Waals surface area contributed by atoms with E-state index in [9.17, 15) is 12.8 Å². The van der Waals surface area contributed by atoms with Crippen LogP contribution in [-0.4, -0.2) is 43.7 Å². The molecule has 1 aliphatic rings. The van der Waals surface area contributed by atoms with Crippen molar-refractivity contribution in [2.75, 3.05) is 18.4 Å². The first-order chi connectivity index (χ1) is 18.3. The van der Waals surface area contributed by atoms with Crippen molar-refractivity contribution in [2.45, 2.75) is 43.5 Å². The molecular formula is C29H30F2N4O2S. The van der Waals surface area contributed by atoms with Gasteiger partial charge in [0.05, 0.1) is 17.0 Å². The molecule has 0 bridgehead atoms. The smallest absolute Gasteiger partial charge is 0.223 e. The molecule has 0 spiro atoms. The van der Waals surface area contributed by atoms with Crippen molar-refractivity contribution in [1.29, 1.82) is 0 Å². The zero-order valence-electron chi connectivity index (χ0n) is 21.1. The Morgan fingerprint density at radius 2 is 1.82 bits per heavy atom. The number of hydrogen-bond donors (Lipinski definition) is 2. The van der Waals surface area contributed by atoms with E-state index in [1.165, 1.54) is 6.07 Å². The van der Waals surface area contributed by atoms with Crippen molar-refractivity contribution >= 4 is 26.7 Å². The summed E-state index contributed by atoms with van der Waals surface area (Å²) in [6, 6.07) is 17.2. The van der Waals surface area contributed by atoms with Gasteiger partial charge in [0, 0.05) is 42.7 Å². The van der Waals surface area contributed by atoms with Crippen LogP contribution in [0, 0.1) is 5.82 Å². The molecule has 5 rings (SSSR count). The molecule has 1 aliphatic heterocycles. The third kappa shape index (κ3) is 6.16. The highest BCUT2D eigenvalue weighted by atomic mass is 32.2. The summed E-state index contributed by atoms with van der Waals surface area (Å²) in [5.41, 5.74) is 3.86. The highest BCUT2D eigenvalue weighted by Crippen LogP contribution is 2.30. The van der Waals surface area contributed by atoms with Crippen molar-refractivity contribution in [1.82, 2.24) is 15.3 Å². The summed E-state index contributed by atoms with van der Waals surface area (Å²) in [5.74, 6) is -0.374. The van der Waals surface area contributed by atoms with E-state index in [1.807, 2.05) is 25.1 Å². The molecule has 198 valence electrons. The topological polar surface area (TPSA) is 84.0 Å². The molecule has 2 atom stereocenters. The molecule has 38 heavy (non-hydrogen) atoms. The summed E-state index contributed by atoms with van der Waals surface area (Å²) in [6.07, 6.45) is 1.87. The highest BCUT2D eigenvalue weighted by Gasteiger charge is 2.22. The summed E-state index contributed by atoms with van der Waals surface area (Å²) < 4.78 is 54.3. The van der Waals surface area contributed by atoms with Gasteiger partial charge >= 0.3 is 0 Å². The maximum Gasteiger partial charge on any atom is 0.223 e. The maximum atomic E-state index is 15.3. The van der Waals surface area contributed by atoms with Crippen LogP contribution in [0.3, 0.4) is 0 Å². The number of hydrogen-bond acceptors (Lipinski definition) is 6. The molecule has 2 N–H and O–H groups in total. The minimum Gasteiger partial charge on any atom is -0.350 e. The number of halogens is 2. The van der Waals surface area contributed by atoms with Gasteiger partial charge in [-0.25, -0.2) is 27.2 Å². The van der Waals surface area contributed by atoms with E-state index in [-0.39, 0.29) is 17.5 Å². The standard InChI is InChI=1S/C29H30F2N4O2S/c1-2-21-11-22(12-23-14-33-29(35-28(21)23)34-25-13-24(30)15-32-16-25)26-9-8-20(10-27(26)31)18-38(36,37)17-19-6-4-3-5-7-19/h3-12,14,24-25,32H,2,13,15-18H2,1H3,(H,33,34,35)/t24-,25-/m0/s1. The molecule has 0 radical (unpaired) electrons. The van der Waals surface area contributed by atoms with Gasteiger partial charge in [-0.2, -0.15) is 0 Å². The van der Waals surface area contributed by atoms with Gasteiger partial charge in [-0.1, -0.05) is 49.4 Å². The first kappa shape index (κ1) is 26.2. The molecule has 2 heterocycles. The maximum absolute atomic E-state index is 15.3. The minimum atomic E-state index is -3.45. The lowest BCUT2D eigenvalue weighted by Crippen LogP contribution is -2.44. The van der Waals surface area contributed by atoms with E-state index in [2.05, 4.69) is 20.6 Å². The number of rotatable bonds is 8. The van der Waals surface area contributed by atoms with Gasteiger partial charge in [0.15, 0.2) is 9.84 Å². The van der Waals surface area contributed by atoms with Crippen molar-refractivity contribution in [2.24, 2.45) is 0 Å². The van der Waals surface area contributed by atoms with Gasteiger partial charge in [-0.3, -0.25) is 0 Å². The van der Waals surface area contributed by atoms with Gasteiger partial charge in [-0.15, -0.1) is 0 Å². The second kappa shape index (κ2) is 11.1.